The van der Waals surface area contributed by atoms with E-state index in [-0.39, 0.29) is 6.04 Å². The van der Waals surface area contributed by atoms with E-state index < -0.39 is 0 Å². The molecular weight excluding hydrogens is 150 g/mol. The summed E-state index contributed by atoms with van der Waals surface area (Å²) in [4.78, 5) is 0. The van der Waals surface area contributed by atoms with Crippen LogP contribution in [0, 0.1) is 0 Å². The lowest BCUT2D eigenvalue weighted by atomic mass is 10.1. The second-order valence-corrected chi connectivity index (χ2v) is 3.34. The third-order valence-corrected chi connectivity index (χ3v) is 2.19. The van der Waals surface area contributed by atoms with Crippen molar-refractivity contribution in [1.29, 1.82) is 0 Å². The van der Waals surface area contributed by atoms with E-state index in [0.717, 1.165) is 17.9 Å². The highest BCUT2D eigenvalue weighted by Gasteiger charge is 2.10. The first-order valence-electron chi connectivity index (χ1n) is 4.50. The lowest BCUT2D eigenvalue weighted by molar-refractivity contribution is 0.417. The Bertz CT molecular complexity index is 240. The predicted molar refractivity (Wildman–Crippen MR) is 50.0 cm³/mol. The van der Waals surface area contributed by atoms with E-state index in [9.17, 15) is 0 Å². The fourth-order valence-corrected chi connectivity index (χ4v) is 1.08. The van der Waals surface area contributed by atoms with Crippen LogP contribution in [-0.2, 0) is 0 Å². The molecule has 68 valence electrons. The SMILES string of the molecule is CCC(C)c1ccc(C(C)N)o1. The van der Waals surface area contributed by atoms with Crippen LogP contribution in [-0.4, -0.2) is 0 Å². The molecule has 0 amide bonds. The molecule has 2 nitrogen and oxygen atoms in total. The zero-order chi connectivity index (χ0) is 9.14. The van der Waals surface area contributed by atoms with Crippen molar-refractivity contribution < 1.29 is 4.42 Å². The van der Waals surface area contributed by atoms with Crippen LogP contribution in [0.25, 0.3) is 0 Å². The van der Waals surface area contributed by atoms with Gasteiger partial charge in [0, 0.05) is 5.92 Å². The van der Waals surface area contributed by atoms with Crippen molar-refractivity contribution in [3.8, 4) is 0 Å². The van der Waals surface area contributed by atoms with E-state index in [4.69, 9.17) is 10.2 Å². The first-order valence-corrected chi connectivity index (χ1v) is 4.50. The molecule has 1 heterocycles. The quantitative estimate of drug-likeness (QED) is 0.751. The van der Waals surface area contributed by atoms with E-state index in [1.807, 2.05) is 19.1 Å². The van der Waals surface area contributed by atoms with Gasteiger partial charge in [0.15, 0.2) is 0 Å². The fourth-order valence-electron chi connectivity index (χ4n) is 1.08. The Labute approximate surface area is 73.8 Å². The fraction of sp³-hybridized carbons (Fsp3) is 0.600. The molecule has 0 saturated carbocycles. The minimum atomic E-state index is 0.00260. The Morgan fingerprint density at radius 2 is 1.92 bits per heavy atom. The van der Waals surface area contributed by atoms with E-state index in [1.54, 1.807) is 0 Å². The molecular formula is C10H17NO. The summed E-state index contributed by atoms with van der Waals surface area (Å²) in [5.41, 5.74) is 5.67. The molecule has 2 unspecified atom stereocenters. The molecule has 12 heavy (non-hydrogen) atoms. The van der Waals surface area contributed by atoms with Crippen LogP contribution in [0.15, 0.2) is 16.5 Å². The maximum Gasteiger partial charge on any atom is 0.120 e. The molecule has 2 atom stereocenters. The molecule has 0 bridgehead atoms. The van der Waals surface area contributed by atoms with Crippen LogP contribution in [0.1, 0.15) is 50.7 Å². The van der Waals surface area contributed by atoms with E-state index >= 15 is 0 Å². The molecule has 0 saturated heterocycles. The average molecular weight is 167 g/mol. The zero-order valence-electron chi connectivity index (χ0n) is 8.00. The normalized spacial score (nSPS) is 16.0. The van der Waals surface area contributed by atoms with Crippen LogP contribution >= 0.6 is 0 Å². The van der Waals surface area contributed by atoms with Gasteiger partial charge in [0.2, 0.25) is 0 Å². The van der Waals surface area contributed by atoms with Crippen molar-refractivity contribution >= 4 is 0 Å². The number of nitrogens with two attached hydrogens (primary N) is 1. The van der Waals surface area contributed by atoms with Gasteiger partial charge in [-0.2, -0.15) is 0 Å². The first kappa shape index (κ1) is 9.33. The van der Waals surface area contributed by atoms with E-state index in [2.05, 4.69) is 13.8 Å². The maximum absolute atomic E-state index is 5.67. The smallest absolute Gasteiger partial charge is 0.120 e. The summed E-state index contributed by atoms with van der Waals surface area (Å²) in [6.45, 7) is 6.24. The Balaban J connectivity index is 2.77. The second kappa shape index (κ2) is 3.76. The van der Waals surface area contributed by atoms with Gasteiger partial charge in [-0.25, -0.2) is 0 Å². The molecule has 0 aliphatic heterocycles. The van der Waals surface area contributed by atoms with Gasteiger partial charge in [0.25, 0.3) is 0 Å². The zero-order valence-corrected chi connectivity index (χ0v) is 8.00. The van der Waals surface area contributed by atoms with Gasteiger partial charge >= 0.3 is 0 Å². The van der Waals surface area contributed by atoms with E-state index in [1.165, 1.54) is 0 Å². The summed E-state index contributed by atoms with van der Waals surface area (Å²) in [7, 11) is 0. The first-order chi connectivity index (χ1) is 5.65. The molecule has 0 fully saturated rings. The average Bonchev–Trinajstić information content (AvgIpc) is 2.51. The largest absolute Gasteiger partial charge is 0.464 e. The Hall–Kier alpha value is -0.760. The summed E-state index contributed by atoms with van der Waals surface area (Å²) in [6.07, 6.45) is 1.10. The minimum absolute atomic E-state index is 0.00260. The van der Waals surface area contributed by atoms with Crippen molar-refractivity contribution in [2.75, 3.05) is 0 Å². The Kier molecular flexibility index (Phi) is 2.93. The number of furan rings is 1. The van der Waals surface area contributed by atoms with Crippen molar-refractivity contribution in [1.82, 2.24) is 0 Å². The Morgan fingerprint density at radius 1 is 1.33 bits per heavy atom. The lowest BCUT2D eigenvalue weighted by Crippen LogP contribution is -2.02. The lowest BCUT2D eigenvalue weighted by Gasteiger charge is -2.04. The topological polar surface area (TPSA) is 39.2 Å². The summed E-state index contributed by atoms with van der Waals surface area (Å²) >= 11 is 0. The second-order valence-electron chi connectivity index (χ2n) is 3.34. The molecule has 0 aliphatic carbocycles. The monoisotopic (exact) mass is 167 g/mol. The van der Waals surface area contributed by atoms with Crippen molar-refractivity contribution in [3.05, 3.63) is 23.7 Å². The van der Waals surface area contributed by atoms with Gasteiger partial charge in [0.1, 0.15) is 11.5 Å². The number of rotatable bonds is 3. The summed E-state index contributed by atoms with van der Waals surface area (Å²) in [6, 6.07) is 3.99. The van der Waals surface area contributed by atoms with Gasteiger partial charge < -0.3 is 10.2 Å². The van der Waals surface area contributed by atoms with Gasteiger partial charge in [-0.3, -0.25) is 0 Å². The van der Waals surface area contributed by atoms with Crippen LogP contribution in [0.3, 0.4) is 0 Å². The molecule has 1 aromatic heterocycles. The summed E-state index contributed by atoms with van der Waals surface area (Å²) in [5.74, 6) is 2.42. The molecule has 2 N–H and O–H groups in total. The van der Waals surface area contributed by atoms with Crippen LogP contribution in [0.5, 0.6) is 0 Å². The van der Waals surface area contributed by atoms with Gasteiger partial charge in [0.05, 0.1) is 6.04 Å². The molecule has 1 rings (SSSR count). The van der Waals surface area contributed by atoms with E-state index in [0.29, 0.717) is 5.92 Å². The van der Waals surface area contributed by atoms with Crippen LogP contribution in [0.2, 0.25) is 0 Å². The third kappa shape index (κ3) is 1.89. The number of hydrogen-bond acceptors (Lipinski definition) is 2. The highest BCUT2D eigenvalue weighted by Crippen LogP contribution is 2.23. The molecule has 0 spiro atoms. The van der Waals surface area contributed by atoms with Crippen LogP contribution in [0.4, 0.5) is 0 Å². The minimum Gasteiger partial charge on any atom is -0.464 e. The van der Waals surface area contributed by atoms with Gasteiger partial charge in [-0.05, 0) is 25.5 Å². The molecule has 2 heteroatoms. The summed E-state index contributed by atoms with van der Waals surface area (Å²) < 4.78 is 5.57. The molecule has 1 aromatic rings. The molecule has 0 radical (unpaired) electrons. The maximum atomic E-state index is 5.67. The van der Waals surface area contributed by atoms with Crippen LogP contribution < -0.4 is 5.73 Å². The van der Waals surface area contributed by atoms with Gasteiger partial charge in [-0.1, -0.05) is 13.8 Å². The van der Waals surface area contributed by atoms with Crippen molar-refractivity contribution in [2.24, 2.45) is 5.73 Å². The van der Waals surface area contributed by atoms with Crippen molar-refractivity contribution in [2.45, 2.75) is 39.2 Å². The Morgan fingerprint density at radius 3 is 2.33 bits per heavy atom. The molecule has 0 aromatic carbocycles. The standard InChI is InChI=1S/C10H17NO/c1-4-7(2)9-5-6-10(12-9)8(3)11/h5-8H,4,11H2,1-3H3. The highest BCUT2D eigenvalue weighted by molar-refractivity contribution is 5.12. The summed E-state index contributed by atoms with van der Waals surface area (Å²) in [5, 5.41) is 0. The predicted octanol–water partition coefficient (Wildman–Crippen LogP) is 2.81. The van der Waals surface area contributed by atoms with Crippen molar-refractivity contribution in [3.63, 3.8) is 0 Å². The van der Waals surface area contributed by atoms with Gasteiger partial charge in [-0.15, -0.1) is 0 Å². The number of hydrogen-bond donors (Lipinski definition) is 1. The third-order valence-electron chi connectivity index (χ3n) is 2.19. The molecule has 0 aliphatic rings. The highest BCUT2D eigenvalue weighted by atomic mass is 16.3.